The monoisotopic (exact) mass is 329 g/mol. The molecule has 0 radical (unpaired) electrons. The molecule has 2 atom stereocenters. The molecule has 1 N–H and O–H groups in total. The van der Waals surface area contributed by atoms with Crippen molar-refractivity contribution in [3.05, 3.63) is 35.0 Å². The van der Waals surface area contributed by atoms with E-state index in [1.165, 1.54) is 6.26 Å². The van der Waals surface area contributed by atoms with Crippen molar-refractivity contribution in [1.82, 2.24) is 5.32 Å². The zero-order chi connectivity index (χ0) is 15.6. The van der Waals surface area contributed by atoms with E-state index in [0.29, 0.717) is 11.4 Å². The third kappa shape index (κ3) is 4.73. The van der Waals surface area contributed by atoms with Gasteiger partial charge in [0, 0.05) is 22.7 Å². The van der Waals surface area contributed by atoms with Gasteiger partial charge in [0.15, 0.2) is 0 Å². The van der Waals surface area contributed by atoms with E-state index >= 15 is 0 Å². The molecule has 21 heavy (non-hydrogen) atoms. The summed E-state index contributed by atoms with van der Waals surface area (Å²) in [5, 5.41) is 5.00. The van der Waals surface area contributed by atoms with Gasteiger partial charge in [-0.2, -0.15) is 0 Å². The van der Waals surface area contributed by atoms with Gasteiger partial charge in [0.1, 0.15) is 21.2 Å². The number of furan rings is 1. The van der Waals surface area contributed by atoms with Crippen LogP contribution in [0.2, 0.25) is 5.02 Å². The fourth-order valence-corrected chi connectivity index (χ4v) is 3.19. The van der Waals surface area contributed by atoms with E-state index in [-0.39, 0.29) is 17.8 Å². The molecule has 0 saturated heterocycles. The summed E-state index contributed by atoms with van der Waals surface area (Å²) in [5.74, 6) is 1.00. The van der Waals surface area contributed by atoms with Crippen LogP contribution in [0.15, 0.2) is 28.7 Å². The van der Waals surface area contributed by atoms with E-state index in [0.717, 1.165) is 16.7 Å². The van der Waals surface area contributed by atoms with Crippen molar-refractivity contribution in [3.63, 3.8) is 0 Å². The quantitative estimate of drug-likeness (QED) is 0.880. The van der Waals surface area contributed by atoms with Crippen LogP contribution < -0.4 is 5.32 Å². The normalized spacial score (nSPS) is 15.2. The summed E-state index contributed by atoms with van der Waals surface area (Å²) in [6, 6.07) is 7.56. The molecule has 1 aromatic heterocycles. The van der Waals surface area contributed by atoms with E-state index in [1.54, 1.807) is 6.07 Å². The highest BCUT2D eigenvalue weighted by Crippen LogP contribution is 2.26. The highest BCUT2D eigenvalue weighted by molar-refractivity contribution is 7.90. The summed E-state index contributed by atoms with van der Waals surface area (Å²) in [7, 11) is -2.92. The molecule has 0 aliphatic rings. The first-order valence-corrected chi connectivity index (χ1v) is 9.31. The maximum atomic E-state index is 11.2. The van der Waals surface area contributed by atoms with Crippen molar-refractivity contribution < 1.29 is 12.8 Å². The molecule has 0 spiro atoms. The Kier molecular flexibility index (Phi) is 4.96. The largest absolute Gasteiger partial charge is 0.459 e. The molecule has 6 heteroatoms. The fourth-order valence-electron chi connectivity index (χ4n) is 2.23. The minimum Gasteiger partial charge on any atom is -0.459 e. The molecule has 0 saturated carbocycles. The Morgan fingerprint density at radius 3 is 2.67 bits per heavy atom. The first-order chi connectivity index (χ1) is 9.74. The predicted molar refractivity (Wildman–Crippen MR) is 86.6 cm³/mol. The standard InChI is InChI=1S/C15H20ClNO3S/c1-10(6-7-21(3,18)19)17-11(2)15-9-12-8-13(16)4-5-14(12)20-15/h4-5,8-11,17H,6-7H2,1-3H3/t10-,11+/m1/s1. The van der Waals surface area contributed by atoms with Gasteiger partial charge in [0.25, 0.3) is 0 Å². The third-order valence-corrected chi connectivity index (χ3v) is 4.59. The lowest BCUT2D eigenvalue weighted by Crippen LogP contribution is -2.30. The lowest BCUT2D eigenvalue weighted by molar-refractivity contribution is 0.406. The van der Waals surface area contributed by atoms with Gasteiger partial charge in [0.2, 0.25) is 0 Å². The molecule has 0 aliphatic heterocycles. The average molecular weight is 330 g/mol. The predicted octanol–water partition coefficient (Wildman–Crippen LogP) is 3.56. The van der Waals surface area contributed by atoms with E-state index in [9.17, 15) is 8.42 Å². The summed E-state index contributed by atoms with van der Waals surface area (Å²) in [4.78, 5) is 0. The van der Waals surface area contributed by atoms with Crippen molar-refractivity contribution >= 4 is 32.4 Å². The number of halogens is 1. The van der Waals surface area contributed by atoms with E-state index < -0.39 is 9.84 Å². The van der Waals surface area contributed by atoms with Crippen molar-refractivity contribution in [2.75, 3.05) is 12.0 Å². The molecule has 4 nitrogen and oxygen atoms in total. The summed E-state index contributed by atoms with van der Waals surface area (Å²) in [6.07, 6.45) is 1.83. The van der Waals surface area contributed by atoms with Gasteiger partial charge >= 0.3 is 0 Å². The Bertz CT molecular complexity index is 724. The molecule has 0 amide bonds. The van der Waals surface area contributed by atoms with Gasteiger partial charge in [-0.15, -0.1) is 0 Å². The Morgan fingerprint density at radius 1 is 1.29 bits per heavy atom. The van der Waals surface area contributed by atoms with Crippen molar-refractivity contribution in [2.24, 2.45) is 0 Å². The number of benzene rings is 1. The molecule has 0 fully saturated rings. The number of rotatable bonds is 6. The molecule has 2 aromatic rings. The van der Waals surface area contributed by atoms with Gasteiger partial charge in [-0.05, 0) is 44.5 Å². The van der Waals surface area contributed by atoms with Crippen molar-refractivity contribution in [1.29, 1.82) is 0 Å². The van der Waals surface area contributed by atoms with E-state index in [1.807, 2.05) is 32.0 Å². The first-order valence-electron chi connectivity index (χ1n) is 6.87. The second kappa shape index (κ2) is 6.38. The number of sulfone groups is 1. The van der Waals surface area contributed by atoms with Crippen LogP contribution in [0.4, 0.5) is 0 Å². The molecule has 1 heterocycles. The second-order valence-electron chi connectivity index (χ2n) is 5.54. The molecule has 2 rings (SSSR count). The number of fused-ring (bicyclic) bond motifs is 1. The third-order valence-electron chi connectivity index (χ3n) is 3.38. The zero-order valence-corrected chi connectivity index (χ0v) is 14.0. The van der Waals surface area contributed by atoms with Crippen molar-refractivity contribution in [2.45, 2.75) is 32.4 Å². The number of nitrogens with one attached hydrogen (secondary N) is 1. The number of hydrogen-bond acceptors (Lipinski definition) is 4. The highest BCUT2D eigenvalue weighted by Gasteiger charge is 2.15. The van der Waals surface area contributed by atoms with Crippen LogP contribution in [0.1, 0.15) is 32.1 Å². The Hall–Kier alpha value is -1.04. The van der Waals surface area contributed by atoms with Crippen LogP contribution in [-0.4, -0.2) is 26.5 Å². The smallest absolute Gasteiger partial charge is 0.147 e. The summed E-state index contributed by atoms with van der Waals surface area (Å²) in [6.45, 7) is 3.97. The summed E-state index contributed by atoms with van der Waals surface area (Å²) in [5.41, 5.74) is 0.798. The van der Waals surface area contributed by atoms with E-state index in [4.69, 9.17) is 16.0 Å². The summed E-state index contributed by atoms with van der Waals surface area (Å²) < 4.78 is 28.2. The molecular formula is C15H20ClNO3S. The molecular weight excluding hydrogens is 310 g/mol. The minimum atomic E-state index is -2.92. The summed E-state index contributed by atoms with van der Waals surface area (Å²) >= 11 is 5.96. The van der Waals surface area contributed by atoms with Crippen molar-refractivity contribution in [3.8, 4) is 0 Å². The van der Waals surface area contributed by atoms with Crippen LogP contribution in [-0.2, 0) is 9.84 Å². The molecule has 116 valence electrons. The number of hydrogen-bond donors (Lipinski definition) is 1. The van der Waals surface area contributed by atoms with Crippen LogP contribution in [0, 0.1) is 0 Å². The Balaban J connectivity index is 2.02. The maximum absolute atomic E-state index is 11.2. The van der Waals surface area contributed by atoms with Crippen LogP contribution >= 0.6 is 11.6 Å². The second-order valence-corrected chi connectivity index (χ2v) is 8.24. The average Bonchev–Trinajstić information content (AvgIpc) is 2.78. The van der Waals surface area contributed by atoms with Crippen LogP contribution in [0.5, 0.6) is 0 Å². The van der Waals surface area contributed by atoms with E-state index in [2.05, 4.69) is 5.32 Å². The Labute approximate surface area is 130 Å². The van der Waals surface area contributed by atoms with Gasteiger partial charge < -0.3 is 9.73 Å². The van der Waals surface area contributed by atoms with Crippen LogP contribution in [0.3, 0.4) is 0 Å². The lowest BCUT2D eigenvalue weighted by Gasteiger charge is -2.18. The molecule has 0 aliphatic carbocycles. The molecule has 1 aromatic carbocycles. The molecule has 0 unspecified atom stereocenters. The van der Waals surface area contributed by atoms with Crippen LogP contribution in [0.25, 0.3) is 11.0 Å². The topological polar surface area (TPSA) is 59.3 Å². The van der Waals surface area contributed by atoms with Gasteiger partial charge in [-0.25, -0.2) is 8.42 Å². The first kappa shape index (κ1) is 16.3. The SMILES string of the molecule is C[C@H](CCS(C)(=O)=O)N[C@@H](C)c1cc2cc(Cl)ccc2o1. The zero-order valence-electron chi connectivity index (χ0n) is 12.4. The van der Waals surface area contributed by atoms with Gasteiger partial charge in [0.05, 0.1) is 11.8 Å². The maximum Gasteiger partial charge on any atom is 0.147 e. The fraction of sp³-hybridized carbons (Fsp3) is 0.467. The van der Waals surface area contributed by atoms with Gasteiger partial charge in [-0.3, -0.25) is 0 Å². The Morgan fingerprint density at radius 2 is 2.00 bits per heavy atom. The van der Waals surface area contributed by atoms with Gasteiger partial charge in [-0.1, -0.05) is 11.6 Å². The lowest BCUT2D eigenvalue weighted by atomic mass is 10.2. The molecule has 0 bridgehead atoms. The highest BCUT2D eigenvalue weighted by atomic mass is 35.5. The minimum absolute atomic E-state index is 0.00531.